The molecule has 0 aromatic heterocycles. The number of hydrogen-bond donors (Lipinski definition) is 0. The summed E-state index contributed by atoms with van der Waals surface area (Å²) in [5, 5.41) is -0.0778. The normalized spacial score (nSPS) is 11.2. The molecule has 0 aliphatic rings. The second-order valence-electron chi connectivity index (χ2n) is 8.54. The highest BCUT2D eigenvalue weighted by atomic mass is 19.3. The van der Waals surface area contributed by atoms with Crippen molar-refractivity contribution >= 4 is 16.8 Å². The van der Waals surface area contributed by atoms with Gasteiger partial charge in [0.2, 0.25) is 0 Å². The summed E-state index contributed by atoms with van der Waals surface area (Å²) in [7, 11) is 0. The maximum absolute atomic E-state index is 15.1. The maximum atomic E-state index is 15.1. The van der Waals surface area contributed by atoms with Crippen molar-refractivity contribution in [2.24, 2.45) is 0 Å². The Morgan fingerprint density at radius 2 is 1.42 bits per heavy atom. The minimum absolute atomic E-state index is 0.00825. The molecule has 0 N–H and O–H groups in total. The fraction of sp³-hybridized carbons (Fsp3) is 0.172. The van der Waals surface area contributed by atoms with Crippen LogP contribution in [0.3, 0.4) is 0 Å². The minimum atomic E-state index is -2.25. The van der Waals surface area contributed by atoms with Gasteiger partial charge in [-0.2, -0.15) is 8.78 Å². The van der Waals surface area contributed by atoms with E-state index in [1.807, 2.05) is 6.92 Å². The largest absolute Gasteiger partial charge is 0.271 e. The van der Waals surface area contributed by atoms with Gasteiger partial charge in [-0.1, -0.05) is 44.0 Å². The Morgan fingerprint density at radius 1 is 0.722 bits per heavy atom. The van der Waals surface area contributed by atoms with Gasteiger partial charge in [0, 0.05) is 17.0 Å². The molecule has 0 bridgehead atoms. The molecule has 4 aromatic rings. The van der Waals surface area contributed by atoms with Crippen LogP contribution >= 0.6 is 0 Å². The fourth-order valence-electron chi connectivity index (χ4n) is 4.28. The van der Waals surface area contributed by atoms with Crippen LogP contribution < -0.4 is 0 Å². The van der Waals surface area contributed by atoms with Crippen LogP contribution in [0.15, 0.2) is 60.7 Å². The van der Waals surface area contributed by atoms with Crippen LogP contribution in [0.25, 0.3) is 39.1 Å². The molecule has 0 unspecified atom stereocenters. The van der Waals surface area contributed by atoms with Gasteiger partial charge in [-0.05, 0) is 65.3 Å². The molecule has 186 valence electrons. The molecule has 0 spiro atoms. The van der Waals surface area contributed by atoms with E-state index >= 15 is 4.39 Å². The average molecular weight is 502 g/mol. The van der Waals surface area contributed by atoms with Crippen LogP contribution in [0.1, 0.15) is 37.3 Å². The zero-order chi connectivity index (χ0) is 26.0. The van der Waals surface area contributed by atoms with Crippen LogP contribution in [-0.2, 0) is 6.42 Å². The van der Waals surface area contributed by atoms with Crippen molar-refractivity contribution in [2.75, 3.05) is 0 Å². The summed E-state index contributed by atoms with van der Waals surface area (Å²) in [6.45, 7) is 2.03. The molecule has 0 aliphatic heterocycles. The molecular weight excluding hydrogens is 481 g/mol. The van der Waals surface area contributed by atoms with Crippen molar-refractivity contribution < 1.29 is 30.7 Å². The molecule has 4 rings (SSSR count). The van der Waals surface area contributed by atoms with Crippen molar-refractivity contribution in [2.45, 2.75) is 32.6 Å². The Hall–Kier alpha value is -3.61. The number of benzene rings is 4. The number of hydrogen-bond acceptors (Lipinski definition) is 0. The van der Waals surface area contributed by atoms with E-state index < -0.39 is 40.7 Å². The lowest BCUT2D eigenvalue weighted by atomic mass is 9.95. The second kappa shape index (κ2) is 10.6. The fourth-order valence-corrected chi connectivity index (χ4v) is 4.28. The van der Waals surface area contributed by atoms with Gasteiger partial charge >= 0.3 is 0 Å². The topological polar surface area (TPSA) is 0 Å². The predicted octanol–water partition coefficient (Wildman–Crippen LogP) is 9.84. The number of unbranched alkanes of at least 4 members (excludes halogenated alkanes) is 2. The van der Waals surface area contributed by atoms with E-state index in [0.29, 0.717) is 12.0 Å². The van der Waals surface area contributed by atoms with Gasteiger partial charge in [-0.25, -0.2) is 22.0 Å². The molecule has 4 aromatic carbocycles. The van der Waals surface area contributed by atoms with Gasteiger partial charge < -0.3 is 0 Å². The van der Waals surface area contributed by atoms with Gasteiger partial charge in [0.25, 0.3) is 6.08 Å². The Labute approximate surface area is 203 Å². The van der Waals surface area contributed by atoms with Crippen LogP contribution in [0.5, 0.6) is 0 Å². The van der Waals surface area contributed by atoms with Gasteiger partial charge in [0.05, 0.1) is 11.1 Å². The van der Waals surface area contributed by atoms with Crippen LogP contribution in [0.2, 0.25) is 0 Å². The maximum Gasteiger partial charge on any atom is 0.271 e. The summed E-state index contributed by atoms with van der Waals surface area (Å²) in [5.41, 5.74) is -0.388. The van der Waals surface area contributed by atoms with E-state index in [1.54, 1.807) is 0 Å². The minimum Gasteiger partial charge on any atom is -0.206 e. The van der Waals surface area contributed by atoms with Crippen LogP contribution in [-0.4, -0.2) is 0 Å². The van der Waals surface area contributed by atoms with Gasteiger partial charge in [0.1, 0.15) is 29.1 Å². The Kier molecular flexibility index (Phi) is 7.48. The number of aryl methyl sites for hydroxylation is 1. The molecule has 0 saturated heterocycles. The lowest BCUT2D eigenvalue weighted by molar-refractivity contribution is 0.428. The average Bonchev–Trinajstić information content (AvgIpc) is 2.81. The van der Waals surface area contributed by atoms with Crippen molar-refractivity contribution in [1.29, 1.82) is 0 Å². The first-order chi connectivity index (χ1) is 17.2. The SMILES string of the molecule is CCCCCc1cc(F)c(-c2ccc(-c3ccc4c(F)c(C=C(F)F)c(F)cc4c3)c(F)c2)c(F)c1. The Balaban J connectivity index is 1.70. The standard InChI is InChI=1S/C29H21F7/c1-2-3-4-5-16-10-25(32)28(26(33)11-16)18-7-8-20(23(30)13-18)17-6-9-21-19(12-17)14-24(31)22(29(21)36)15-27(34)35/h6-15H,2-5H2,1H3. The molecule has 0 fully saturated rings. The molecule has 0 saturated carbocycles. The monoisotopic (exact) mass is 502 g/mol. The molecule has 0 atom stereocenters. The highest BCUT2D eigenvalue weighted by molar-refractivity contribution is 5.90. The van der Waals surface area contributed by atoms with E-state index in [9.17, 15) is 26.3 Å². The summed E-state index contributed by atoms with van der Waals surface area (Å²) in [6.07, 6.45) is 1.13. The van der Waals surface area contributed by atoms with E-state index in [0.717, 1.165) is 31.4 Å². The Bertz CT molecular complexity index is 1440. The molecule has 0 nitrogen and oxygen atoms in total. The molecule has 0 heterocycles. The van der Waals surface area contributed by atoms with Gasteiger partial charge in [-0.15, -0.1) is 0 Å². The Morgan fingerprint density at radius 3 is 2.06 bits per heavy atom. The number of halogens is 7. The quantitative estimate of drug-likeness (QED) is 0.174. The van der Waals surface area contributed by atoms with Crippen molar-refractivity contribution in [3.8, 4) is 22.3 Å². The lowest BCUT2D eigenvalue weighted by Gasteiger charge is -2.12. The summed E-state index contributed by atoms with van der Waals surface area (Å²) >= 11 is 0. The van der Waals surface area contributed by atoms with E-state index in [1.165, 1.54) is 42.5 Å². The van der Waals surface area contributed by atoms with Crippen molar-refractivity contribution in [1.82, 2.24) is 0 Å². The van der Waals surface area contributed by atoms with Crippen LogP contribution in [0.4, 0.5) is 30.7 Å². The lowest BCUT2D eigenvalue weighted by Crippen LogP contribution is -1.96. The first kappa shape index (κ1) is 25.5. The van der Waals surface area contributed by atoms with Crippen molar-refractivity contribution in [3.05, 3.63) is 101 Å². The van der Waals surface area contributed by atoms with E-state index in [-0.39, 0.29) is 39.1 Å². The molecule has 0 aliphatic carbocycles. The molecule has 7 heteroatoms. The van der Waals surface area contributed by atoms with Gasteiger partial charge in [-0.3, -0.25) is 0 Å². The number of fused-ring (bicyclic) bond motifs is 1. The summed E-state index contributed by atoms with van der Waals surface area (Å²) in [6, 6.07) is 11.0. The highest BCUT2D eigenvalue weighted by Gasteiger charge is 2.18. The smallest absolute Gasteiger partial charge is 0.206 e. The first-order valence-corrected chi connectivity index (χ1v) is 11.4. The third-order valence-corrected chi connectivity index (χ3v) is 6.06. The summed E-state index contributed by atoms with van der Waals surface area (Å²) in [5.74, 6) is -4.73. The van der Waals surface area contributed by atoms with Crippen LogP contribution in [0, 0.1) is 29.1 Å². The third kappa shape index (κ3) is 5.15. The third-order valence-electron chi connectivity index (χ3n) is 6.06. The molecule has 0 amide bonds. The van der Waals surface area contributed by atoms with E-state index in [4.69, 9.17) is 0 Å². The predicted molar refractivity (Wildman–Crippen MR) is 128 cm³/mol. The summed E-state index contributed by atoms with van der Waals surface area (Å²) < 4.78 is 98.4. The zero-order valence-electron chi connectivity index (χ0n) is 19.2. The second-order valence-corrected chi connectivity index (χ2v) is 8.54. The van der Waals surface area contributed by atoms with Gasteiger partial charge in [0.15, 0.2) is 0 Å². The highest BCUT2D eigenvalue weighted by Crippen LogP contribution is 2.34. The molecular formula is C29H21F7. The first-order valence-electron chi connectivity index (χ1n) is 11.4. The molecule has 36 heavy (non-hydrogen) atoms. The summed E-state index contributed by atoms with van der Waals surface area (Å²) in [4.78, 5) is 0. The molecule has 0 radical (unpaired) electrons. The van der Waals surface area contributed by atoms with E-state index in [2.05, 4.69) is 0 Å². The van der Waals surface area contributed by atoms with Crippen molar-refractivity contribution in [3.63, 3.8) is 0 Å². The zero-order valence-corrected chi connectivity index (χ0v) is 19.2. The number of rotatable bonds is 7.